The van der Waals surface area contributed by atoms with Gasteiger partial charge in [0.25, 0.3) is 0 Å². The van der Waals surface area contributed by atoms with Gasteiger partial charge < -0.3 is 15.0 Å². The second kappa shape index (κ2) is 6.59. The maximum absolute atomic E-state index is 5.47. The number of rotatable bonds is 5. The van der Waals surface area contributed by atoms with E-state index in [1.807, 2.05) is 7.05 Å². The molecule has 0 atom stereocenters. The molecule has 0 bridgehead atoms. The van der Waals surface area contributed by atoms with Crippen LogP contribution in [0, 0.1) is 5.92 Å². The number of hydrogen-bond acceptors (Lipinski definition) is 5. The van der Waals surface area contributed by atoms with Gasteiger partial charge in [0, 0.05) is 20.1 Å². The molecule has 0 aliphatic carbocycles. The van der Waals surface area contributed by atoms with Crippen molar-refractivity contribution >= 4 is 11.6 Å². The lowest BCUT2D eigenvalue weighted by Gasteiger charge is -2.33. The molecule has 5 heteroatoms. The number of piperidine rings is 1. The maximum Gasteiger partial charge on any atom is 0.204 e. The number of nitrogens with one attached hydrogen (secondary N) is 1. The van der Waals surface area contributed by atoms with Crippen molar-refractivity contribution in [1.82, 2.24) is 9.97 Å². The second-order valence-electron chi connectivity index (χ2n) is 5.05. The Labute approximate surface area is 115 Å². The van der Waals surface area contributed by atoms with Gasteiger partial charge >= 0.3 is 0 Å². The molecule has 0 spiro atoms. The van der Waals surface area contributed by atoms with Crippen LogP contribution in [0.3, 0.4) is 0 Å². The minimum Gasteiger partial charge on any atom is -0.490 e. The van der Waals surface area contributed by atoms with Crippen molar-refractivity contribution in [2.24, 2.45) is 5.92 Å². The Morgan fingerprint density at radius 2 is 2.11 bits per heavy atom. The second-order valence-corrected chi connectivity index (χ2v) is 5.05. The average molecular weight is 264 g/mol. The Hall–Kier alpha value is -1.52. The van der Waals surface area contributed by atoms with E-state index in [1.54, 1.807) is 13.4 Å². The van der Waals surface area contributed by atoms with Gasteiger partial charge in [0.1, 0.15) is 6.33 Å². The molecule has 0 amide bonds. The van der Waals surface area contributed by atoms with E-state index in [-0.39, 0.29) is 0 Å². The fourth-order valence-corrected chi connectivity index (χ4v) is 2.80. The monoisotopic (exact) mass is 264 g/mol. The maximum atomic E-state index is 5.47. The fourth-order valence-electron chi connectivity index (χ4n) is 2.80. The third kappa shape index (κ3) is 3.08. The molecule has 0 saturated carbocycles. The minimum absolute atomic E-state index is 0.749. The van der Waals surface area contributed by atoms with E-state index in [2.05, 4.69) is 27.1 Å². The van der Waals surface area contributed by atoms with Gasteiger partial charge in [-0.1, -0.05) is 19.8 Å². The van der Waals surface area contributed by atoms with Crippen molar-refractivity contribution < 1.29 is 4.74 Å². The summed E-state index contributed by atoms with van der Waals surface area (Å²) in [5.74, 6) is 3.29. The minimum atomic E-state index is 0.749. The lowest BCUT2D eigenvalue weighted by molar-refractivity contribution is 0.370. The number of nitrogens with zero attached hydrogens (tertiary/aromatic N) is 3. The number of anilines is 2. The highest BCUT2D eigenvalue weighted by Gasteiger charge is 2.23. The zero-order valence-electron chi connectivity index (χ0n) is 12.1. The van der Waals surface area contributed by atoms with Crippen LogP contribution in [-0.2, 0) is 0 Å². The van der Waals surface area contributed by atoms with Gasteiger partial charge in [0.15, 0.2) is 11.6 Å². The van der Waals surface area contributed by atoms with Gasteiger partial charge in [-0.15, -0.1) is 0 Å². The molecule has 0 unspecified atom stereocenters. The van der Waals surface area contributed by atoms with Crippen LogP contribution in [0.5, 0.6) is 5.75 Å². The zero-order valence-corrected chi connectivity index (χ0v) is 12.1. The average Bonchev–Trinajstić information content (AvgIpc) is 2.47. The predicted octanol–water partition coefficient (Wildman–Crippen LogP) is 2.54. The molecule has 1 aliphatic rings. The molecule has 1 saturated heterocycles. The molecule has 1 N–H and O–H groups in total. The van der Waals surface area contributed by atoms with Crippen LogP contribution in [0.1, 0.15) is 32.6 Å². The molecule has 1 aliphatic heterocycles. The van der Waals surface area contributed by atoms with Gasteiger partial charge in [-0.2, -0.15) is 0 Å². The number of ether oxygens (including phenoxy) is 1. The molecular weight excluding hydrogens is 240 g/mol. The Balaban J connectivity index is 2.11. The molecule has 2 heterocycles. The van der Waals surface area contributed by atoms with Crippen LogP contribution >= 0.6 is 0 Å². The molecule has 19 heavy (non-hydrogen) atoms. The highest BCUT2D eigenvalue weighted by Crippen LogP contribution is 2.34. The topological polar surface area (TPSA) is 50.3 Å². The normalized spacial score (nSPS) is 16.5. The molecule has 2 rings (SSSR count). The van der Waals surface area contributed by atoms with E-state index < -0.39 is 0 Å². The van der Waals surface area contributed by atoms with Gasteiger partial charge in [-0.3, -0.25) is 0 Å². The van der Waals surface area contributed by atoms with Crippen LogP contribution in [-0.4, -0.2) is 37.2 Å². The predicted molar refractivity (Wildman–Crippen MR) is 78.0 cm³/mol. The number of aromatic nitrogens is 2. The summed E-state index contributed by atoms with van der Waals surface area (Å²) in [7, 11) is 3.52. The van der Waals surface area contributed by atoms with Gasteiger partial charge in [0.2, 0.25) is 5.75 Å². The van der Waals surface area contributed by atoms with Crippen molar-refractivity contribution in [3.63, 3.8) is 0 Å². The Morgan fingerprint density at radius 1 is 1.37 bits per heavy atom. The smallest absolute Gasteiger partial charge is 0.204 e. The summed E-state index contributed by atoms with van der Waals surface area (Å²) >= 11 is 0. The van der Waals surface area contributed by atoms with Gasteiger partial charge in [-0.05, 0) is 18.8 Å². The van der Waals surface area contributed by atoms with Crippen molar-refractivity contribution in [3.8, 4) is 5.75 Å². The molecule has 1 aromatic rings. The van der Waals surface area contributed by atoms with Crippen molar-refractivity contribution in [2.75, 3.05) is 37.5 Å². The lowest BCUT2D eigenvalue weighted by Crippen LogP contribution is -2.34. The lowest BCUT2D eigenvalue weighted by atomic mass is 9.92. The van der Waals surface area contributed by atoms with Crippen LogP contribution in [0.25, 0.3) is 0 Å². The number of methoxy groups -OCH3 is 1. The molecule has 1 aromatic heterocycles. The van der Waals surface area contributed by atoms with Crippen LogP contribution in [0.2, 0.25) is 0 Å². The third-order valence-electron chi connectivity index (χ3n) is 3.84. The third-order valence-corrected chi connectivity index (χ3v) is 3.84. The van der Waals surface area contributed by atoms with E-state index >= 15 is 0 Å². The highest BCUT2D eigenvalue weighted by atomic mass is 16.5. The zero-order chi connectivity index (χ0) is 13.7. The van der Waals surface area contributed by atoms with E-state index in [0.717, 1.165) is 36.4 Å². The van der Waals surface area contributed by atoms with E-state index in [1.165, 1.54) is 25.7 Å². The standard InChI is InChI=1S/C14H24N4O/c1-4-5-11-6-8-18(9-7-11)14-12(19-3)13(15-2)16-10-17-14/h10-11H,4-9H2,1-3H3,(H,15,16,17). The van der Waals surface area contributed by atoms with Crippen molar-refractivity contribution in [2.45, 2.75) is 32.6 Å². The molecule has 0 radical (unpaired) electrons. The van der Waals surface area contributed by atoms with E-state index in [9.17, 15) is 0 Å². The summed E-state index contributed by atoms with van der Waals surface area (Å²) in [5.41, 5.74) is 0. The number of hydrogen-bond donors (Lipinski definition) is 1. The molecule has 0 aromatic carbocycles. The van der Waals surface area contributed by atoms with Crippen LogP contribution < -0.4 is 15.0 Å². The Kier molecular flexibility index (Phi) is 4.82. The van der Waals surface area contributed by atoms with E-state index in [0.29, 0.717) is 0 Å². The molecule has 1 fully saturated rings. The highest BCUT2D eigenvalue weighted by molar-refractivity contribution is 5.64. The summed E-state index contributed by atoms with van der Waals surface area (Å²) < 4.78 is 5.47. The summed E-state index contributed by atoms with van der Waals surface area (Å²) in [6, 6.07) is 0. The van der Waals surface area contributed by atoms with Crippen LogP contribution in [0.4, 0.5) is 11.6 Å². The van der Waals surface area contributed by atoms with Crippen molar-refractivity contribution in [3.05, 3.63) is 6.33 Å². The fraction of sp³-hybridized carbons (Fsp3) is 0.714. The van der Waals surface area contributed by atoms with Crippen molar-refractivity contribution in [1.29, 1.82) is 0 Å². The quantitative estimate of drug-likeness (QED) is 0.885. The Bertz CT molecular complexity index is 402. The largest absolute Gasteiger partial charge is 0.490 e. The summed E-state index contributed by atoms with van der Waals surface area (Å²) in [6.45, 7) is 4.38. The molecule has 5 nitrogen and oxygen atoms in total. The first-order valence-electron chi connectivity index (χ1n) is 7.11. The molecular formula is C14H24N4O. The first-order chi connectivity index (χ1) is 9.30. The molecule has 106 valence electrons. The van der Waals surface area contributed by atoms with Crippen LogP contribution in [0.15, 0.2) is 6.33 Å². The van der Waals surface area contributed by atoms with Gasteiger partial charge in [-0.25, -0.2) is 9.97 Å². The first kappa shape index (κ1) is 13.9. The summed E-state index contributed by atoms with van der Waals surface area (Å²) in [4.78, 5) is 10.9. The summed E-state index contributed by atoms with van der Waals surface area (Å²) in [5, 5.41) is 3.05. The Morgan fingerprint density at radius 3 is 2.68 bits per heavy atom. The summed E-state index contributed by atoms with van der Waals surface area (Å²) in [6.07, 6.45) is 6.72. The first-order valence-corrected chi connectivity index (χ1v) is 7.11. The van der Waals surface area contributed by atoms with Gasteiger partial charge in [0.05, 0.1) is 7.11 Å². The van der Waals surface area contributed by atoms with E-state index in [4.69, 9.17) is 4.74 Å². The SMILES string of the molecule is CCCC1CCN(c2ncnc(NC)c2OC)CC1.